The van der Waals surface area contributed by atoms with E-state index in [0.717, 1.165) is 5.69 Å². The summed E-state index contributed by atoms with van der Waals surface area (Å²) in [6.45, 7) is 6.13. The largest absolute Gasteiger partial charge is 0.374 e. The Balaban J connectivity index is 2.50. The van der Waals surface area contributed by atoms with Gasteiger partial charge >= 0.3 is 0 Å². The van der Waals surface area contributed by atoms with E-state index in [1.807, 2.05) is 26.8 Å². The van der Waals surface area contributed by atoms with Crippen LogP contribution in [0.5, 0.6) is 0 Å². The number of pyridine rings is 1. The van der Waals surface area contributed by atoms with Gasteiger partial charge in [0, 0.05) is 11.1 Å². The molecule has 0 spiro atoms. The molecule has 0 fully saturated rings. The van der Waals surface area contributed by atoms with Crippen molar-refractivity contribution in [2.24, 2.45) is 0 Å². The predicted molar refractivity (Wildman–Crippen MR) is 69.1 cm³/mol. The minimum atomic E-state index is -0.159. The maximum absolute atomic E-state index is 11.9. The zero-order valence-electron chi connectivity index (χ0n) is 9.94. The van der Waals surface area contributed by atoms with Crippen molar-refractivity contribution in [2.75, 3.05) is 5.73 Å². The quantitative estimate of drug-likeness (QED) is 0.807. The van der Waals surface area contributed by atoms with E-state index in [4.69, 9.17) is 5.73 Å². The van der Waals surface area contributed by atoms with Gasteiger partial charge in [-0.2, -0.15) is 0 Å². The minimum absolute atomic E-state index is 0.0855. The summed E-state index contributed by atoms with van der Waals surface area (Å²) in [6, 6.07) is 3.66. The molecule has 0 aliphatic carbocycles. The van der Waals surface area contributed by atoms with Crippen molar-refractivity contribution in [1.82, 2.24) is 15.2 Å². The highest BCUT2D eigenvalue weighted by atomic mass is 32.1. The van der Waals surface area contributed by atoms with Crippen LogP contribution >= 0.6 is 11.3 Å². The van der Waals surface area contributed by atoms with E-state index in [1.54, 1.807) is 6.07 Å². The second-order valence-corrected chi connectivity index (χ2v) is 5.82. The van der Waals surface area contributed by atoms with Crippen LogP contribution in [0.3, 0.4) is 0 Å². The molecule has 2 aromatic heterocycles. The van der Waals surface area contributed by atoms with E-state index >= 15 is 0 Å². The molecular formula is C11H14N4OS. The smallest absolute Gasteiger partial charge is 0.258 e. The first-order chi connectivity index (χ1) is 7.88. The van der Waals surface area contributed by atoms with Gasteiger partial charge < -0.3 is 10.7 Å². The number of nitrogens with one attached hydrogen (secondary N) is 1. The first kappa shape index (κ1) is 11.8. The lowest BCUT2D eigenvalue weighted by Crippen LogP contribution is -2.20. The standard InChI is InChI=1S/C11H14N4OS/c1-11(2,3)7-5-4-6(8(16)13-7)9-14-15-10(12)17-9/h4-5H,1-3H3,(H2,12,15)(H,13,16). The number of hydrogen-bond donors (Lipinski definition) is 2. The molecule has 0 aliphatic heterocycles. The minimum Gasteiger partial charge on any atom is -0.374 e. The molecule has 2 aromatic rings. The molecule has 0 aliphatic rings. The van der Waals surface area contributed by atoms with Gasteiger partial charge in [-0.3, -0.25) is 4.79 Å². The van der Waals surface area contributed by atoms with E-state index in [9.17, 15) is 4.79 Å². The topological polar surface area (TPSA) is 84.7 Å². The van der Waals surface area contributed by atoms with E-state index in [1.165, 1.54) is 11.3 Å². The van der Waals surface area contributed by atoms with Crippen LogP contribution in [0.4, 0.5) is 5.13 Å². The molecule has 17 heavy (non-hydrogen) atoms. The molecule has 0 aromatic carbocycles. The summed E-state index contributed by atoms with van der Waals surface area (Å²) in [6.07, 6.45) is 0. The van der Waals surface area contributed by atoms with E-state index < -0.39 is 0 Å². The molecule has 0 atom stereocenters. The summed E-state index contributed by atoms with van der Waals surface area (Å²) in [5.41, 5.74) is 6.65. The molecule has 2 rings (SSSR count). The molecule has 3 N–H and O–H groups in total. The Morgan fingerprint density at radius 1 is 1.29 bits per heavy atom. The lowest BCUT2D eigenvalue weighted by atomic mass is 9.91. The van der Waals surface area contributed by atoms with Gasteiger partial charge in [0.1, 0.15) is 0 Å². The average molecular weight is 250 g/mol. The molecule has 0 saturated carbocycles. The number of nitrogens with zero attached hydrogens (tertiary/aromatic N) is 2. The molecule has 2 heterocycles. The lowest BCUT2D eigenvalue weighted by molar-refractivity contribution is 0.567. The summed E-state index contributed by atoms with van der Waals surface area (Å²) in [5, 5.41) is 8.47. The van der Waals surface area contributed by atoms with Crippen molar-refractivity contribution in [2.45, 2.75) is 26.2 Å². The number of H-pyrrole nitrogens is 1. The van der Waals surface area contributed by atoms with Crippen molar-refractivity contribution >= 4 is 16.5 Å². The normalized spacial score (nSPS) is 11.7. The van der Waals surface area contributed by atoms with Crippen LogP contribution in [0.15, 0.2) is 16.9 Å². The Labute approximate surface area is 103 Å². The summed E-state index contributed by atoms with van der Waals surface area (Å²) < 4.78 is 0. The third-order valence-electron chi connectivity index (χ3n) is 2.39. The van der Waals surface area contributed by atoms with E-state index in [-0.39, 0.29) is 11.0 Å². The Hall–Kier alpha value is -1.69. The first-order valence-corrected chi connectivity index (χ1v) is 6.03. The van der Waals surface area contributed by atoms with Gasteiger partial charge in [0.05, 0.1) is 5.56 Å². The number of aromatic nitrogens is 3. The fourth-order valence-electron chi connectivity index (χ4n) is 1.42. The van der Waals surface area contributed by atoms with Crippen molar-refractivity contribution in [1.29, 1.82) is 0 Å². The van der Waals surface area contributed by atoms with Crippen LogP contribution in [0.25, 0.3) is 10.6 Å². The Kier molecular flexibility index (Phi) is 2.74. The second-order valence-electron chi connectivity index (χ2n) is 4.81. The third kappa shape index (κ3) is 2.36. The second kappa shape index (κ2) is 3.96. The summed E-state index contributed by atoms with van der Waals surface area (Å²) >= 11 is 1.20. The van der Waals surface area contributed by atoms with Gasteiger partial charge in [0.2, 0.25) is 5.13 Å². The van der Waals surface area contributed by atoms with Crippen LogP contribution in [-0.4, -0.2) is 15.2 Å². The molecule has 0 amide bonds. The molecule has 0 radical (unpaired) electrons. The average Bonchev–Trinajstić information content (AvgIpc) is 2.63. The van der Waals surface area contributed by atoms with Crippen molar-refractivity contribution < 1.29 is 0 Å². The van der Waals surface area contributed by atoms with E-state index in [0.29, 0.717) is 15.7 Å². The van der Waals surface area contributed by atoms with Gasteiger partial charge in [-0.15, -0.1) is 10.2 Å². The maximum atomic E-state index is 11.9. The predicted octanol–water partition coefficient (Wildman–Crippen LogP) is 1.77. The number of aromatic amines is 1. The van der Waals surface area contributed by atoms with Crippen molar-refractivity contribution in [3.8, 4) is 10.6 Å². The Morgan fingerprint density at radius 3 is 2.47 bits per heavy atom. The Bertz CT molecular complexity index is 594. The highest BCUT2D eigenvalue weighted by Gasteiger charge is 2.16. The highest BCUT2D eigenvalue weighted by molar-refractivity contribution is 7.18. The lowest BCUT2D eigenvalue weighted by Gasteiger charge is -2.18. The van der Waals surface area contributed by atoms with Gasteiger partial charge in [0.25, 0.3) is 5.56 Å². The number of rotatable bonds is 1. The van der Waals surface area contributed by atoms with Crippen LogP contribution in [0.2, 0.25) is 0 Å². The summed E-state index contributed by atoms with van der Waals surface area (Å²) in [7, 11) is 0. The zero-order chi connectivity index (χ0) is 12.6. The maximum Gasteiger partial charge on any atom is 0.258 e. The van der Waals surface area contributed by atoms with Crippen molar-refractivity contribution in [3.05, 3.63) is 28.2 Å². The van der Waals surface area contributed by atoms with Gasteiger partial charge in [-0.05, 0) is 12.1 Å². The van der Waals surface area contributed by atoms with Crippen LogP contribution in [-0.2, 0) is 5.41 Å². The molecule has 0 bridgehead atoms. The fourth-order valence-corrected chi connectivity index (χ4v) is 2.06. The van der Waals surface area contributed by atoms with E-state index in [2.05, 4.69) is 15.2 Å². The Morgan fingerprint density at radius 2 is 2.00 bits per heavy atom. The molecule has 90 valence electrons. The summed E-state index contributed by atoms with van der Waals surface area (Å²) in [5.74, 6) is 0. The fraction of sp³-hybridized carbons (Fsp3) is 0.364. The SMILES string of the molecule is CC(C)(C)c1ccc(-c2nnc(N)s2)c(=O)[nH]1. The molecule has 5 nitrogen and oxygen atoms in total. The number of hydrogen-bond acceptors (Lipinski definition) is 5. The van der Waals surface area contributed by atoms with Gasteiger partial charge in [-0.1, -0.05) is 32.1 Å². The number of nitrogen functional groups attached to an aromatic ring is 1. The summed E-state index contributed by atoms with van der Waals surface area (Å²) in [4.78, 5) is 14.8. The number of anilines is 1. The van der Waals surface area contributed by atoms with Gasteiger partial charge in [0.15, 0.2) is 5.01 Å². The molecule has 0 unspecified atom stereocenters. The molecule has 6 heteroatoms. The van der Waals surface area contributed by atoms with Gasteiger partial charge in [-0.25, -0.2) is 0 Å². The third-order valence-corrected chi connectivity index (χ3v) is 3.17. The van der Waals surface area contributed by atoms with Crippen LogP contribution in [0, 0.1) is 0 Å². The number of nitrogens with two attached hydrogens (primary N) is 1. The zero-order valence-corrected chi connectivity index (χ0v) is 10.8. The van der Waals surface area contributed by atoms with Crippen LogP contribution in [0.1, 0.15) is 26.5 Å². The molecule has 0 saturated heterocycles. The monoisotopic (exact) mass is 250 g/mol. The molecular weight excluding hydrogens is 236 g/mol. The van der Waals surface area contributed by atoms with Crippen LogP contribution < -0.4 is 11.3 Å². The highest BCUT2D eigenvalue weighted by Crippen LogP contribution is 2.24. The van der Waals surface area contributed by atoms with Crippen molar-refractivity contribution in [3.63, 3.8) is 0 Å². The first-order valence-electron chi connectivity index (χ1n) is 5.21.